The van der Waals surface area contributed by atoms with Crippen molar-refractivity contribution < 1.29 is 4.79 Å². The summed E-state index contributed by atoms with van der Waals surface area (Å²) in [4.78, 5) is 12.5. The van der Waals surface area contributed by atoms with Crippen LogP contribution in [0.2, 0.25) is 0 Å². The number of thiocarbonyl (C=S) groups is 1. The number of rotatable bonds is 4. The first-order chi connectivity index (χ1) is 12.2. The van der Waals surface area contributed by atoms with Gasteiger partial charge in [-0.15, -0.1) is 0 Å². The van der Waals surface area contributed by atoms with E-state index >= 15 is 0 Å². The van der Waals surface area contributed by atoms with Gasteiger partial charge in [0.05, 0.1) is 5.56 Å². The Morgan fingerprint density at radius 2 is 1.81 bits per heavy atom. The average molecular weight is 543 g/mol. The van der Waals surface area contributed by atoms with Crippen LogP contribution >= 0.6 is 69.6 Å². The quantitative estimate of drug-likeness (QED) is 0.220. The number of halogens is 4. The van der Waals surface area contributed by atoms with Gasteiger partial charge in [0.25, 0.3) is 5.91 Å². The molecule has 0 aliphatic heterocycles. The average Bonchev–Trinajstić information content (AvgIpc) is 2.53. The standard InChI is InChI=1S/C17H15Cl3IN3OS/c1-10-5-4-6-11(9-10)22-16(26)24-15(17(18,19)20)23-14(25)12-7-2-3-8-13(12)21/h2-9,15H,1H3,(H,23,25)(H2,22,24,26). The van der Waals surface area contributed by atoms with Crippen LogP contribution in [0.1, 0.15) is 15.9 Å². The van der Waals surface area contributed by atoms with E-state index in [1.54, 1.807) is 12.1 Å². The van der Waals surface area contributed by atoms with Crippen molar-refractivity contribution >= 4 is 86.3 Å². The van der Waals surface area contributed by atoms with Crippen LogP contribution in [-0.2, 0) is 0 Å². The van der Waals surface area contributed by atoms with E-state index in [-0.39, 0.29) is 11.0 Å². The minimum Gasteiger partial charge on any atom is -0.339 e. The molecular formula is C17H15Cl3IN3OS. The summed E-state index contributed by atoms with van der Waals surface area (Å²) in [6, 6.07) is 14.7. The van der Waals surface area contributed by atoms with E-state index in [4.69, 9.17) is 47.0 Å². The molecule has 0 aliphatic rings. The summed E-state index contributed by atoms with van der Waals surface area (Å²) in [5.74, 6) is -0.378. The molecule has 3 N–H and O–H groups in total. The lowest BCUT2D eigenvalue weighted by Crippen LogP contribution is -2.56. The zero-order chi connectivity index (χ0) is 19.3. The van der Waals surface area contributed by atoms with Gasteiger partial charge < -0.3 is 16.0 Å². The number of alkyl halides is 3. The van der Waals surface area contributed by atoms with E-state index < -0.39 is 9.96 Å². The third kappa shape index (κ3) is 6.42. The van der Waals surface area contributed by atoms with Crippen LogP contribution in [0.15, 0.2) is 48.5 Å². The first kappa shape index (κ1) is 21.5. The van der Waals surface area contributed by atoms with Crippen molar-refractivity contribution in [2.24, 2.45) is 0 Å². The molecule has 1 amide bonds. The highest BCUT2D eigenvalue weighted by Gasteiger charge is 2.35. The molecular weight excluding hydrogens is 528 g/mol. The Labute approximate surface area is 186 Å². The van der Waals surface area contributed by atoms with Gasteiger partial charge in [-0.2, -0.15) is 0 Å². The van der Waals surface area contributed by atoms with E-state index in [1.807, 2.05) is 43.3 Å². The molecule has 0 radical (unpaired) electrons. The minimum atomic E-state index is -1.81. The van der Waals surface area contributed by atoms with E-state index in [9.17, 15) is 4.79 Å². The van der Waals surface area contributed by atoms with Crippen LogP contribution in [0, 0.1) is 10.5 Å². The third-order valence-corrected chi connectivity index (χ3v) is 5.09. The van der Waals surface area contributed by atoms with E-state index in [1.165, 1.54) is 0 Å². The van der Waals surface area contributed by atoms with Gasteiger partial charge in [0.1, 0.15) is 6.17 Å². The second kappa shape index (κ2) is 9.41. The molecule has 2 aromatic rings. The lowest BCUT2D eigenvalue weighted by atomic mass is 10.2. The lowest BCUT2D eigenvalue weighted by molar-refractivity contribution is 0.0933. The Kier molecular flexibility index (Phi) is 7.78. The molecule has 2 aromatic carbocycles. The normalized spacial score (nSPS) is 12.2. The van der Waals surface area contributed by atoms with Crippen LogP contribution < -0.4 is 16.0 Å². The zero-order valence-electron chi connectivity index (χ0n) is 13.5. The molecule has 26 heavy (non-hydrogen) atoms. The Morgan fingerprint density at radius 3 is 2.42 bits per heavy atom. The molecule has 4 nitrogen and oxygen atoms in total. The Balaban J connectivity index is 2.09. The Morgan fingerprint density at radius 1 is 1.12 bits per heavy atom. The fourth-order valence-electron chi connectivity index (χ4n) is 2.08. The van der Waals surface area contributed by atoms with Gasteiger partial charge in [-0.25, -0.2) is 0 Å². The van der Waals surface area contributed by atoms with Crippen molar-refractivity contribution in [3.05, 3.63) is 63.2 Å². The molecule has 1 atom stereocenters. The maximum Gasteiger partial charge on any atom is 0.254 e. The summed E-state index contributed by atoms with van der Waals surface area (Å²) in [5.41, 5.74) is 2.34. The largest absolute Gasteiger partial charge is 0.339 e. The molecule has 9 heteroatoms. The molecule has 0 bridgehead atoms. The number of hydrogen-bond donors (Lipinski definition) is 3. The van der Waals surface area contributed by atoms with E-state index in [2.05, 4.69) is 38.5 Å². The number of benzene rings is 2. The van der Waals surface area contributed by atoms with Gasteiger partial charge >= 0.3 is 0 Å². The summed E-state index contributed by atoms with van der Waals surface area (Å²) in [7, 11) is 0. The number of nitrogens with one attached hydrogen (secondary N) is 3. The van der Waals surface area contributed by atoms with Crippen molar-refractivity contribution in [1.29, 1.82) is 0 Å². The summed E-state index contributed by atoms with van der Waals surface area (Å²) in [6.07, 6.45) is -1.03. The van der Waals surface area contributed by atoms with E-state index in [0.717, 1.165) is 14.8 Å². The molecule has 2 rings (SSSR count). The monoisotopic (exact) mass is 541 g/mol. The summed E-state index contributed by atoms with van der Waals surface area (Å²) < 4.78 is -1.03. The van der Waals surface area contributed by atoms with Crippen molar-refractivity contribution in [3.8, 4) is 0 Å². The fraction of sp³-hybridized carbons (Fsp3) is 0.176. The minimum absolute atomic E-state index is 0.218. The first-order valence-corrected chi connectivity index (χ1v) is 10.0. The molecule has 1 unspecified atom stereocenters. The van der Waals surface area contributed by atoms with Gasteiger partial charge in [0.15, 0.2) is 5.11 Å². The van der Waals surface area contributed by atoms with Crippen molar-refractivity contribution in [2.45, 2.75) is 16.9 Å². The fourth-order valence-corrected chi connectivity index (χ4v) is 3.27. The molecule has 0 saturated heterocycles. The summed E-state index contributed by atoms with van der Waals surface area (Å²) in [5, 5.41) is 8.72. The van der Waals surface area contributed by atoms with Gasteiger partial charge in [-0.3, -0.25) is 4.79 Å². The lowest BCUT2D eigenvalue weighted by Gasteiger charge is -2.28. The molecule has 138 valence electrons. The number of aryl methyl sites for hydroxylation is 1. The van der Waals surface area contributed by atoms with Gasteiger partial charge in [-0.1, -0.05) is 59.1 Å². The number of carbonyl (C=O) groups excluding carboxylic acids is 1. The van der Waals surface area contributed by atoms with E-state index in [0.29, 0.717) is 5.56 Å². The van der Waals surface area contributed by atoms with Crippen molar-refractivity contribution in [1.82, 2.24) is 10.6 Å². The first-order valence-electron chi connectivity index (χ1n) is 7.43. The van der Waals surface area contributed by atoms with Crippen molar-refractivity contribution in [2.75, 3.05) is 5.32 Å². The van der Waals surface area contributed by atoms with Crippen LogP contribution in [-0.4, -0.2) is 21.0 Å². The zero-order valence-corrected chi connectivity index (χ0v) is 18.8. The summed E-state index contributed by atoms with van der Waals surface area (Å²) >= 11 is 25.4. The van der Waals surface area contributed by atoms with Crippen molar-refractivity contribution in [3.63, 3.8) is 0 Å². The smallest absolute Gasteiger partial charge is 0.254 e. The highest BCUT2D eigenvalue weighted by Crippen LogP contribution is 2.29. The molecule has 0 aromatic heterocycles. The number of amides is 1. The van der Waals surface area contributed by atoms with Gasteiger partial charge in [0, 0.05) is 9.26 Å². The molecule has 0 heterocycles. The maximum atomic E-state index is 12.5. The highest BCUT2D eigenvalue weighted by molar-refractivity contribution is 14.1. The number of hydrogen-bond acceptors (Lipinski definition) is 2. The Hall–Kier alpha value is -0.800. The van der Waals surface area contributed by atoms with Crippen LogP contribution in [0.25, 0.3) is 0 Å². The highest BCUT2D eigenvalue weighted by atomic mass is 127. The topological polar surface area (TPSA) is 53.2 Å². The second-order valence-corrected chi connectivity index (χ2v) is 9.34. The number of carbonyl (C=O) groups is 1. The van der Waals surface area contributed by atoms with Gasteiger partial charge in [0.2, 0.25) is 3.79 Å². The molecule has 0 fully saturated rings. The summed E-state index contributed by atoms with van der Waals surface area (Å²) in [6.45, 7) is 1.97. The third-order valence-electron chi connectivity index (χ3n) is 3.27. The van der Waals surface area contributed by atoms with Crippen LogP contribution in [0.3, 0.4) is 0 Å². The molecule has 0 spiro atoms. The maximum absolute atomic E-state index is 12.5. The Bertz CT molecular complexity index is 814. The second-order valence-electron chi connectivity index (χ2n) is 5.40. The number of anilines is 1. The SMILES string of the molecule is Cc1cccc(NC(=S)NC(NC(=O)c2ccccc2I)C(Cl)(Cl)Cl)c1. The predicted octanol–water partition coefficient (Wildman–Crippen LogP) is 5.01. The van der Waals surface area contributed by atoms with Crippen LogP contribution in [0.5, 0.6) is 0 Å². The molecule has 0 saturated carbocycles. The predicted molar refractivity (Wildman–Crippen MR) is 121 cm³/mol. The van der Waals surface area contributed by atoms with Gasteiger partial charge in [-0.05, 0) is 71.6 Å². The van der Waals surface area contributed by atoms with Crippen LogP contribution in [0.4, 0.5) is 5.69 Å². The molecule has 0 aliphatic carbocycles.